The zero-order valence-corrected chi connectivity index (χ0v) is 16.6. The molecule has 4 aromatic rings. The number of rotatable bonds is 4. The summed E-state index contributed by atoms with van der Waals surface area (Å²) in [4.78, 5) is 9.44. The van der Waals surface area contributed by atoms with Crippen LogP contribution in [-0.4, -0.2) is 34.0 Å². The minimum atomic E-state index is 0.661. The number of pyridine rings is 2. The second kappa shape index (κ2) is 6.96. The maximum atomic E-state index is 5.45. The van der Waals surface area contributed by atoms with E-state index in [1.54, 1.807) is 14.2 Å². The van der Waals surface area contributed by atoms with Crippen LogP contribution in [-0.2, 0) is 7.05 Å². The van der Waals surface area contributed by atoms with Crippen molar-refractivity contribution >= 4 is 11.0 Å². The second-order valence-corrected chi connectivity index (χ2v) is 6.75. The van der Waals surface area contributed by atoms with Crippen LogP contribution in [0.2, 0.25) is 0 Å². The Labute approximate surface area is 163 Å². The summed E-state index contributed by atoms with van der Waals surface area (Å²) >= 11 is 0. The third kappa shape index (κ3) is 2.97. The van der Waals surface area contributed by atoms with Gasteiger partial charge in [0.25, 0.3) is 0 Å². The average Bonchev–Trinajstić information content (AvgIpc) is 3.01. The van der Waals surface area contributed by atoms with Gasteiger partial charge in [0.15, 0.2) is 17.1 Å². The molecule has 0 saturated carbocycles. The first-order valence-corrected chi connectivity index (χ1v) is 9.01. The maximum Gasteiger partial charge on any atom is 0.182 e. The molecule has 0 N–H and O–H groups in total. The Morgan fingerprint density at radius 3 is 2.36 bits per heavy atom. The number of aromatic nitrogens is 4. The fourth-order valence-electron chi connectivity index (χ4n) is 3.31. The minimum Gasteiger partial charge on any atom is -0.493 e. The van der Waals surface area contributed by atoms with Crippen molar-refractivity contribution in [2.24, 2.45) is 7.05 Å². The lowest BCUT2D eigenvalue weighted by Gasteiger charge is -2.11. The van der Waals surface area contributed by atoms with Crippen LogP contribution < -0.4 is 9.47 Å². The van der Waals surface area contributed by atoms with Gasteiger partial charge in [-0.25, -0.2) is 4.98 Å². The van der Waals surface area contributed by atoms with E-state index in [1.807, 2.05) is 56.0 Å². The van der Waals surface area contributed by atoms with Crippen LogP contribution in [0.5, 0.6) is 11.5 Å². The summed E-state index contributed by atoms with van der Waals surface area (Å²) in [5.41, 5.74) is 6.52. The van der Waals surface area contributed by atoms with Gasteiger partial charge in [-0.2, -0.15) is 5.10 Å². The Bertz CT molecular complexity index is 1160. The van der Waals surface area contributed by atoms with Crippen LogP contribution in [0.25, 0.3) is 33.5 Å². The van der Waals surface area contributed by atoms with Gasteiger partial charge in [-0.3, -0.25) is 9.67 Å². The van der Waals surface area contributed by atoms with Gasteiger partial charge in [0.2, 0.25) is 0 Å². The van der Waals surface area contributed by atoms with Gasteiger partial charge in [0, 0.05) is 30.1 Å². The number of methoxy groups -OCH3 is 2. The van der Waals surface area contributed by atoms with Gasteiger partial charge in [0.1, 0.15) is 0 Å². The van der Waals surface area contributed by atoms with E-state index in [9.17, 15) is 0 Å². The van der Waals surface area contributed by atoms with Gasteiger partial charge < -0.3 is 9.47 Å². The van der Waals surface area contributed by atoms with Gasteiger partial charge in [-0.05, 0) is 49.7 Å². The summed E-state index contributed by atoms with van der Waals surface area (Å²) in [7, 11) is 5.18. The first kappa shape index (κ1) is 18.0. The summed E-state index contributed by atoms with van der Waals surface area (Å²) in [5.74, 6) is 1.34. The van der Waals surface area contributed by atoms with Crippen LogP contribution >= 0.6 is 0 Å². The van der Waals surface area contributed by atoms with E-state index >= 15 is 0 Å². The molecule has 0 unspecified atom stereocenters. The summed E-state index contributed by atoms with van der Waals surface area (Å²) < 4.78 is 12.7. The maximum absolute atomic E-state index is 5.45. The van der Waals surface area contributed by atoms with Crippen LogP contribution in [0, 0.1) is 13.8 Å². The topological polar surface area (TPSA) is 62.1 Å². The Kier molecular flexibility index (Phi) is 4.47. The first-order valence-electron chi connectivity index (χ1n) is 9.01. The number of ether oxygens (including phenoxy) is 2. The molecule has 0 spiro atoms. The highest BCUT2D eigenvalue weighted by Gasteiger charge is 2.17. The molecule has 1 aromatic carbocycles. The summed E-state index contributed by atoms with van der Waals surface area (Å²) in [6.45, 7) is 4.08. The number of nitrogens with zero attached hydrogens (tertiary/aromatic N) is 4. The molecular formula is C22H22N4O2. The summed E-state index contributed by atoms with van der Waals surface area (Å²) in [5, 5.41) is 5.62. The van der Waals surface area contributed by atoms with Crippen LogP contribution in [0.1, 0.15) is 11.3 Å². The highest BCUT2D eigenvalue weighted by atomic mass is 16.5. The van der Waals surface area contributed by atoms with Crippen LogP contribution in [0.4, 0.5) is 0 Å². The Hall–Kier alpha value is -3.41. The molecular weight excluding hydrogens is 352 g/mol. The monoisotopic (exact) mass is 374 g/mol. The van der Waals surface area contributed by atoms with E-state index in [0.717, 1.165) is 39.2 Å². The molecule has 0 aliphatic rings. The van der Waals surface area contributed by atoms with Crippen molar-refractivity contribution in [1.82, 2.24) is 19.7 Å². The summed E-state index contributed by atoms with van der Waals surface area (Å²) in [6.07, 6.45) is 1.88. The highest BCUT2D eigenvalue weighted by molar-refractivity contribution is 5.96. The summed E-state index contributed by atoms with van der Waals surface area (Å²) in [6, 6.07) is 11.9. The lowest BCUT2D eigenvalue weighted by atomic mass is 10.0. The number of aryl methyl sites for hydroxylation is 3. The van der Waals surface area contributed by atoms with Gasteiger partial charge in [-0.15, -0.1) is 0 Å². The van der Waals surface area contributed by atoms with Crippen molar-refractivity contribution in [1.29, 1.82) is 0 Å². The molecule has 6 nitrogen and oxygen atoms in total. The lowest BCUT2D eigenvalue weighted by molar-refractivity contribution is 0.355. The second-order valence-electron chi connectivity index (χ2n) is 6.75. The van der Waals surface area contributed by atoms with Gasteiger partial charge in [0.05, 0.1) is 31.0 Å². The Balaban J connectivity index is 1.97. The van der Waals surface area contributed by atoms with Crippen molar-refractivity contribution in [2.75, 3.05) is 14.2 Å². The highest BCUT2D eigenvalue weighted by Crippen LogP contribution is 2.36. The van der Waals surface area contributed by atoms with Crippen LogP contribution in [0.15, 0.2) is 42.6 Å². The third-order valence-electron chi connectivity index (χ3n) is 4.96. The lowest BCUT2D eigenvalue weighted by Crippen LogP contribution is -1.94. The zero-order valence-electron chi connectivity index (χ0n) is 16.6. The largest absolute Gasteiger partial charge is 0.493 e. The zero-order chi connectivity index (χ0) is 19.8. The van der Waals surface area contributed by atoms with Crippen molar-refractivity contribution in [3.8, 4) is 34.0 Å². The molecule has 0 radical (unpaired) electrons. The molecule has 3 heterocycles. The van der Waals surface area contributed by atoms with Crippen molar-refractivity contribution in [3.05, 3.63) is 53.9 Å². The van der Waals surface area contributed by atoms with Gasteiger partial charge >= 0.3 is 0 Å². The van der Waals surface area contributed by atoms with E-state index in [0.29, 0.717) is 17.1 Å². The number of hydrogen-bond acceptors (Lipinski definition) is 5. The number of benzene rings is 1. The average molecular weight is 374 g/mol. The molecule has 0 atom stereocenters. The first-order chi connectivity index (χ1) is 13.5. The van der Waals surface area contributed by atoms with E-state index in [1.165, 1.54) is 0 Å². The molecule has 0 saturated heterocycles. The Morgan fingerprint density at radius 2 is 1.68 bits per heavy atom. The fourth-order valence-corrected chi connectivity index (χ4v) is 3.31. The minimum absolute atomic E-state index is 0.661. The smallest absolute Gasteiger partial charge is 0.182 e. The van der Waals surface area contributed by atoms with E-state index in [-0.39, 0.29) is 0 Å². The number of hydrogen-bond donors (Lipinski definition) is 0. The predicted octanol–water partition coefficient (Wildman–Crippen LogP) is 4.33. The van der Waals surface area contributed by atoms with E-state index in [4.69, 9.17) is 14.5 Å². The molecule has 0 bridgehead atoms. The van der Waals surface area contributed by atoms with Crippen molar-refractivity contribution in [2.45, 2.75) is 13.8 Å². The van der Waals surface area contributed by atoms with Gasteiger partial charge in [-0.1, -0.05) is 6.07 Å². The third-order valence-corrected chi connectivity index (χ3v) is 4.96. The standard InChI is InChI=1S/C22H22N4O2/c1-13-6-8-17(23-12-13)16-11-18(24-22-21(16)14(2)26(3)25-22)15-7-9-19(27-4)20(10-15)28-5/h6-12H,1-5H3. The molecule has 3 aromatic heterocycles. The normalized spacial score (nSPS) is 11.0. The SMILES string of the molecule is COc1ccc(-c2cc(-c3ccc(C)cn3)c3c(C)n(C)nc3n2)cc1OC. The quantitative estimate of drug-likeness (QED) is 0.532. The molecule has 0 aliphatic carbocycles. The number of fused-ring (bicyclic) bond motifs is 1. The van der Waals surface area contributed by atoms with E-state index in [2.05, 4.69) is 22.2 Å². The van der Waals surface area contributed by atoms with Crippen molar-refractivity contribution < 1.29 is 9.47 Å². The molecule has 0 fully saturated rings. The Morgan fingerprint density at radius 1 is 0.893 bits per heavy atom. The van der Waals surface area contributed by atoms with E-state index < -0.39 is 0 Å². The molecule has 0 amide bonds. The fraction of sp³-hybridized carbons (Fsp3) is 0.227. The molecule has 6 heteroatoms. The van der Waals surface area contributed by atoms with Crippen LogP contribution in [0.3, 0.4) is 0 Å². The molecule has 28 heavy (non-hydrogen) atoms. The predicted molar refractivity (Wildman–Crippen MR) is 110 cm³/mol. The molecule has 142 valence electrons. The molecule has 0 aliphatic heterocycles. The molecule has 4 rings (SSSR count). The van der Waals surface area contributed by atoms with Crippen molar-refractivity contribution in [3.63, 3.8) is 0 Å².